The number of ether oxygens (including phenoxy) is 1. The molecular formula is C24H27N3O4S. The summed E-state index contributed by atoms with van der Waals surface area (Å²) in [5.74, 6) is -0.464. The van der Waals surface area contributed by atoms with Gasteiger partial charge in [-0.3, -0.25) is 9.69 Å². The molecule has 1 amide bonds. The molecule has 1 aliphatic rings. The lowest BCUT2D eigenvalue weighted by Gasteiger charge is -2.22. The van der Waals surface area contributed by atoms with Crippen molar-refractivity contribution in [1.29, 1.82) is 0 Å². The van der Waals surface area contributed by atoms with Crippen molar-refractivity contribution in [2.75, 3.05) is 31.6 Å². The molecule has 0 aliphatic carbocycles. The number of amides is 1. The highest BCUT2D eigenvalue weighted by Crippen LogP contribution is 2.36. The number of anilines is 1. The third-order valence-electron chi connectivity index (χ3n) is 5.15. The summed E-state index contributed by atoms with van der Waals surface area (Å²) >= 11 is 1.27. The topological polar surface area (TPSA) is 82.4 Å². The lowest BCUT2D eigenvalue weighted by molar-refractivity contribution is -0.122. The summed E-state index contributed by atoms with van der Waals surface area (Å²) in [6, 6.07) is 12.3. The second kappa shape index (κ2) is 10.4. The van der Waals surface area contributed by atoms with E-state index in [1.807, 2.05) is 31.2 Å². The number of hydrogen-bond acceptors (Lipinski definition) is 6. The van der Waals surface area contributed by atoms with Crippen LogP contribution < -0.4 is 9.64 Å². The Morgan fingerprint density at radius 1 is 1.19 bits per heavy atom. The van der Waals surface area contributed by atoms with Crippen LogP contribution in [-0.4, -0.2) is 53.8 Å². The average molecular weight is 454 g/mol. The molecule has 1 fully saturated rings. The fraction of sp³-hybridized carbons (Fsp3) is 0.292. The summed E-state index contributed by atoms with van der Waals surface area (Å²) in [4.78, 5) is 33.1. The van der Waals surface area contributed by atoms with E-state index in [1.165, 1.54) is 23.9 Å². The van der Waals surface area contributed by atoms with E-state index >= 15 is 0 Å². The van der Waals surface area contributed by atoms with Crippen molar-refractivity contribution < 1.29 is 19.4 Å². The molecular weight excluding hydrogens is 426 g/mol. The first-order valence-corrected chi connectivity index (χ1v) is 11.3. The van der Waals surface area contributed by atoms with E-state index in [1.54, 1.807) is 24.1 Å². The van der Waals surface area contributed by atoms with Gasteiger partial charge in [0.2, 0.25) is 0 Å². The molecule has 1 saturated heterocycles. The summed E-state index contributed by atoms with van der Waals surface area (Å²) in [5.41, 5.74) is 2.51. The SMILES string of the molecule is CCN1C(=O)C(=Cc2ccc(N(CC)CC)cc2OC)SC1=Nc1cccc(C(=O)O)c1. The van der Waals surface area contributed by atoms with Gasteiger partial charge in [0.15, 0.2) is 5.17 Å². The Morgan fingerprint density at radius 2 is 1.94 bits per heavy atom. The van der Waals surface area contributed by atoms with Gasteiger partial charge in [0.1, 0.15) is 5.75 Å². The Labute approximate surface area is 192 Å². The number of aromatic carboxylic acids is 1. The van der Waals surface area contributed by atoms with Crippen molar-refractivity contribution in [1.82, 2.24) is 4.90 Å². The first-order chi connectivity index (χ1) is 15.4. The van der Waals surface area contributed by atoms with Crippen LogP contribution in [0.5, 0.6) is 5.75 Å². The molecule has 0 radical (unpaired) electrons. The van der Waals surface area contributed by atoms with Crippen LogP contribution >= 0.6 is 11.8 Å². The van der Waals surface area contributed by atoms with E-state index in [9.17, 15) is 14.7 Å². The van der Waals surface area contributed by atoms with E-state index in [0.29, 0.717) is 28.1 Å². The summed E-state index contributed by atoms with van der Waals surface area (Å²) in [7, 11) is 1.62. The molecule has 8 heteroatoms. The normalized spacial score (nSPS) is 16.1. The maximum Gasteiger partial charge on any atom is 0.335 e. The number of aliphatic imine (C=N–C) groups is 1. The van der Waals surface area contributed by atoms with Crippen molar-refractivity contribution in [3.63, 3.8) is 0 Å². The van der Waals surface area contributed by atoms with Crippen LogP contribution in [0.1, 0.15) is 36.7 Å². The van der Waals surface area contributed by atoms with Gasteiger partial charge in [-0.2, -0.15) is 0 Å². The van der Waals surface area contributed by atoms with E-state index in [-0.39, 0.29) is 11.5 Å². The van der Waals surface area contributed by atoms with Crippen LogP contribution in [0.15, 0.2) is 52.4 Å². The molecule has 1 aliphatic heterocycles. The molecule has 7 nitrogen and oxygen atoms in total. The van der Waals surface area contributed by atoms with Crippen molar-refractivity contribution in [3.8, 4) is 5.75 Å². The van der Waals surface area contributed by atoms with Crippen molar-refractivity contribution in [3.05, 3.63) is 58.5 Å². The van der Waals surface area contributed by atoms with Gasteiger partial charge < -0.3 is 14.7 Å². The standard InChI is InChI=1S/C24H27N3O4S/c1-5-26(6-2)19-12-11-16(20(15-19)31-4)14-21-22(28)27(7-3)24(32-21)25-18-10-8-9-17(13-18)23(29)30/h8-15H,5-7H2,1-4H3,(H,29,30). The highest BCUT2D eigenvalue weighted by Gasteiger charge is 2.32. The maximum absolute atomic E-state index is 13.0. The van der Waals surface area contributed by atoms with Gasteiger partial charge in [0.25, 0.3) is 5.91 Å². The molecule has 0 aromatic heterocycles. The zero-order valence-corrected chi connectivity index (χ0v) is 19.5. The number of likely N-dealkylation sites (N-methyl/N-ethyl adjacent to an activating group) is 1. The quantitative estimate of drug-likeness (QED) is 0.575. The smallest absolute Gasteiger partial charge is 0.335 e. The lowest BCUT2D eigenvalue weighted by Crippen LogP contribution is -2.28. The van der Waals surface area contributed by atoms with Crippen LogP contribution in [0.25, 0.3) is 6.08 Å². The number of hydrogen-bond donors (Lipinski definition) is 1. The minimum absolute atomic E-state index is 0.138. The van der Waals surface area contributed by atoms with Gasteiger partial charge >= 0.3 is 5.97 Å². The Balaban J connectivity index is 1.95. The second-order valence-corrected chi connectivity index (χ2v) is 8.02. The van der Waals surface area contributed by atoms with Gasteiger partial charge in [-0.25, -0.2) is 9.79 Å². The van der Waals surface area contributed by atoms with Crippen LogP contribution in [-0.2, 0) is 4.79 Å². The molecule has 32 heavy (non-hydrogen) atoms. The fourth-order valence-corrected chi connectivity index (χ4v) is 4.49. The number of benzene rings is 2. The number of thioether (sulfide) groups is 1. The first kappa shape index (κ1) is 23.4. The molecule has 0 spiro atoms. The number of carboxylic acid groups (broad SMARTS) is 1. The van der Waals surface area contributed by atoms with Crippen molar-refractivity contribution >= 4 is 46.3 Å². The summed E-state index contributed by atoms with van der Waals surface area (Å²) in [6.45, 7) is 8.33. The van der Waals surface area contributed by atoms with E-state index in [0.717, 1.165) is 24.3 Å². The van der Waals surface area contributed by atoms with Gasteiger partial charge in [0, 0.05) is 37.0 Å². The minimum Gasteiger partial charge on any atom is -0.496 e. The highest BCUT2D eigenvalue weighted by atomic mass is 32.2. The number of methoxy groups -OCH3 is 1. The van der Waals surface area contributed by atoms with Crippen molar-refractivity contribution in [2.45, 2.75) is 20.8 Å². The van der Waals surface area contributed by atoms with Gasteiger partial charge in [-0.05, 0) is 68.9 Å². The Hall–Kier alpha value is -3.26. The molecule has 2 aromatic rings. The molecule has 0 atom stereocenters. The molecule has 3 rings (SSSR count). The van der Waals surface area contributed by atoms with Gasteiger partial charge in [-0.1, -0.05) is 6.07 Å². The third-order valence-corrected chi connectivity index (χ3v) is 6.16. The number of carboxylic acids is 1. The summed E-state index contributed by atoms with van der Waals surface area (Å²) in [5, 5.41) is 9.73. The molecule has 0 bridgehead atoms. The summed E-state index contributed by atoms with van der Waals surface area (Å²) in [6.07, 6.45) is 1.82. The predicted octanol–water partition coefficient (Wildman–Crippen LogP) is 4.86. The second-order valence-electron chi connectivity index (χ2n) is 7.01. The average Bonchev–Trinajstić information content (AvgIpc) is 3.09. The number of carbonyl (C=O) groups excluding carboxylic acids is 1. The summed E-state index contributed by atoms with van der Waals surface area (Å²) < 4.78 is 5.59. The van der Waals surface area contributed by atoms with Crippen molar-refractivity contribution in [2.24, 2.45) is 4.99 Å². The minimum atomic E-state index is -1.02. The van der Waals surface area contributed by atoms with Gasteiger partial charge in [0.05, 0.1) is 23.3 Å². The highest BCUT2D eigenvalue weighted by molar-refractivity contribution is 8.18. The maximum atomic E-state index is 13.0. The Bertz CT molecular complexity index is 1080. The fourth-order valence-electron chi connectivity index (χ4n) is 3.43. The number of rotatable bonds is 8. The zero-order valence-electron chi connectivity index (χ0n) is 18.7. The molecule has 168 valence electrons. The van der Waals surface area contributed by atoms with E-state index in [2.05, 4.69) is 23.7 Å². The molecule has 2 aromatic carbocycles. The molecule has 0 unspecified atom stereocenters. The van der Waals surface area contributed by atoms with E-state index in [4.69, 9.17) is 4.74 Å². The number of amidine groups is 1. The van der Waals surface area contributed by atoms with E-state index < -0.39 is 5.97 Å². The predicted molar refractivity (Wildman–Crippen MR) is 130 cm³/mol. The van der Waals surface area contributed by atoms with Crippen LogP contribution in [0.2, 0.25) is 0 Å². The lowest BCUT2D eigenvalue weighted by atomic mass is 10.1. The zero-order chi connectivity index (χ0) is 23.3. The molecule has 1 N–H and O–H groups in total. The van der Waals surface area contributed by atoms with Crippen LogP contribution in [0.3, 0.4) is 0 Å². The largest absolute Gasteiger partial charge is 0.496 e. The first-order valence-electron chi connectivity index (χ1n) is 10.5. The van der Waals surface area contributed by atoms with Crippen LogP contribution in [0.4, 0.5) is 11.4 Å². The van der Waals surface area contributed by atoms with Gasteiger partial charge in [-0.15, -0.1) is 0 Å². The van der Waals surface area contributed by atoms with Crippen LogP contribution in [0, 0.1) is 0 Å². The molecule has 0 saturated carbocycles. The monoisotopic (exact) mass is 453 g/mol. The molecule has 1 heterocycles. The third kappa shape index (κ3) is 4.96. The number of carbonyl (C=O) groups is 2. The number of nitrogens with zero attached hydrogens (tertiary/aromatic N) is 3. The Morgan fingerprint density at radius 3 is 2.56 bits per heavy atom. The Kier molecular flexibility index (Phi) is 7.58.